The first-order chi connectivity index (χ1) is 10.1. The molecule has 3 nitrogen and oxygen atoms in total. The summed E-state index contributed by atoms with van der Waals surface area (Å²) in [4.78, 5) is 2.07. The van der Waals surface area contributed by atoms with Crippen molar-refractivity contribution in [2.45, 2.75) is 38.9 Å². The van der Waals surface area contributed by atoms with Crippen molar-refractivity contribution in [2.75, 3.05) is 11.9 Å². The average molecular weight is 288 g/mol. The van der Waals surface area contributed by atoms with E-state index in [0.29, 0.717) is 19.1 Å². The fourth-order valence-electron chi connectivity index (χ4n) is 2.53. The van der Waals surface area contributed by atoms with E-state index in [1.165, 1.54) is 18.9 Å². The van der Waals surface area contributed by atoms with E-state index >= 15 is 0 Å². The summed E-state index contributed by atoms with van der Waals surface area (Å²) in [5, 5.41) is 3.39. The van der Waals surface area contributed by atoms with E-state index in [1.54, 1.807) is 12.3 Å². The third-order valence-electron chi connectivity index (χ3n) is 4.02. The molecule has 1 fully saturated rings. The predicted molar refractivity (Wildman–Crippen MR) is 81.8 cm³/mol. The summed E-state index contributed by atoms with van der Waals surface area (Å²) in [6.45, 7) is 3.24. The summed E-state index contributed by atoms with van der Waals surface area (Å²) in [6.07, 6.45) is 4.10. The monoisotopic (exact) mass is 288 g/mol. The zero-order chi connectivity index (χ0) is 14.8. The maximum absolute atomic E-state index is 14.2. The molecule has 2 aromatic rings. The van der Waals surface area contributed by atoms with E-state index in [1.807, 2.05) is 26.1 Å². The maximum atomic E-state index is 14.2. The van der Waals surface area contributed by atoms with E-state index in [0.717, 1.165) is 22.6 Å². The normalized spacial score (nSPS) is 14.4. The van der Waals surface area contributed by atoms with E-state index in [9.17, 15) is 4.39 Å². The first-order valence-electron chi connectivity index (χ1n) is 7.40. The van der Waals surface area contributed by atoms with Crippen LogP contribution in [-0.4, -0.2) is 13.1 Å². The fraction of sp³-hybridized carbons (Fsp3) is 0.412. The van der Waals surface area contributed by atoms with Gasteiger partial charge in [-0.3, -0.25) is 0 Å². The van der Waals surface area contributed by atoms with Gasteiger partial charge >= 0.3 is 0 Å². The molecule has 1 aliphatic carbocycles. The summed E-state index contributed by atoms with van der Waals surface area (Å²) >= 11 is 0. The van der Waals surface area contributed by atoms with Crippen molar-refractivity contribution >= 4 is 5.69 Å². The van der Waals surface area contributed by atoms with E-state index < -0.39 is 0 Å². The van der Waals surface area contributed by atoms with Crippen LogP contribution in [-0.2, 0) is 13.1 Å². The lowest BCUT2D eigenvalue weighted by Gasteiger charge is -2.23. The van der Waals surface area contributed by atoms with Gasteiger partial charge in [-0.05, 0) is 38.0 Å². The zero-order valence-corrected chi connectivity index (χ0v) is 12.5. The lowest BCUT2D eigenvalue weighted by atomic mass is 10.1. The Morgan fingerprint density at radius 3 is 2.81 bits per heavy atom. The van der Waals surface area contributed by atoms with E-state index in [2.05, 4.69) is 10.2 Å². The van der Waals surface area contributed by atoms with Gasteiger partial charge in [0.25, 0.3) is 0 Å². The number of hydrogen-bond donors (Lipinski definition) is 1. The number of aryl methyl sites for hydroxylation is 1. The summed E-state index contributed by atoms with van der Waals surface area (Å²) < 4.78 is 19.5. The number of rotatable bonds is 6. The Morgan fingerprint density at radius 1 is 1.33 bits per heavy atom. The highest BCUT2D eigenvalue weighted by atomic mass is 19.1. The molecule has 1 saturated carbocycles. The van der Waals surface area contributed by atoms with Gasteiger partial charge in [0.15, 0.2) is 0 Å². The van der Waals surface area contributed by atoms with Crippen molar-refractivity contribution in [3.8, 4) is 0 Å². The second-order valence-corrected chi connectivity index (χ2v) is 5.75. The number of anilines is 1. The first kappa shape index (κ1) is 14.1. The summed E-state index contributed by atoms with van der Waals surface area (Å²) in [6, 6.07) is 7.81. The average Bonchev–Trinajstić information content (AvgIpc) is 3.21. The molecule has 1 aromatic carbocycles. The molecule has 0 spiro atoms. The summed E-state index contributed by atoms with van der Waals surface area (Å²) in [5.41, 5.74) is 2.81. The number of halogens is 1. The quantitative estimate of drug-likeness (QED) is 0.880. The van der Waals surface area contributed by atoms with Crippen molar-refractivity contribution in [3.63, 3.8) is 0 Å². The van der Waals surface area contributed by atoms with Crippen LogP contribution in [0.3, 0.4) is 0 Å². The molecule has 0 unspecified atom stereocenters. The van der Waals surface area contributed by atoms with E-state index in [4.69, 9.17) is 4.42 Å². The zero-order valence-electron chi connectivity index (χ0n) is 12.5. The molecule has 4 heteroatoms. The molecule has 0 bridgehead atoms. The molecule has 0 radical (unpaired) electrons. The Labute approximate surface area is 124 Å². The van der Waals surface area contributed by atoms with Crippen LogP contribution in [0.4, 0.5) is 10.1 Å². The third kappa shape index (κ3) is 3.27. The van der Waals surface area contributed by atoms with Gasteiger partial charge < -0.3 is 14.6 Å². The lowest BCUT2D eigenvalue weighted by molar-refractivity contribution is 0.529. The first-order valence-corrected chi connectivity index (χ1v) is 7.40. The Morgan fingerprint density at radius 2 is 2.14 bits per heavy atom. The van der Waals surface area contributed by atoms with Crippen LogP contribution in [0.1, 0.15) is 29.7 Å². The highest BCUT2D eigenvalue weighted by molar-refractivity contribution is 5.54. The second kappa shape index (κ2) is 5.90. The van der Waals surface area contributed by atoms with Crippen LogP contribution in [0.2, 0.25) is 0 Å². The largest absolute Gasteiger partial charge is 0.469 e. The minimum Gasteiger partial charge on any atom is -0.469 e. The minimum absolute atomic E-state index is 0.142. The molecule has 0 aliphatic heterocycles. The number of nitrogens with zero attached hydrogens (tertiary/aromatic N) is 1. The highest BCUT2D eigenvalue weighted by Gasteiger charge is 2.22. The smallest absolute Gasteiger partial charge is 0.129 e. The Bertz CT molecular complexity index is 619. The lowest BCUT2D eigenvalue weighted by Crippen LogP contribution is -2.22. The van der Waals surface area contributed by atoms with Crippen molar-refractivity contribution < 1.29 is 8.81 Å². The van der Waals surface area contributed by atoms with E-state index in [-0.39, 0.29) is 5.82 Å². The topological polar surface area (TPSA) is 28.4 Å². The Balaban J connectivity index is 1.79. The van der Waals surface area contributed by atoms with Gasteiger partial charge in [0, 0.05) is 43.0 Å². The minimum atomic E-state index is -0.142. The SMILES string of the molecule is Cc1occc1CN(C)c1cccc(F)c1CNC1CC1. The van der Waals surface area contributed by atoms with Gasteiger partial charge in [-0.25, -0.2) is 4.39 Å². The van der Waals surface area contributed by atoms with Crippen LogP contribution in [0.25, 0.3) is 0 Å². The predicted octanol–water partition coefficient (Wildman–Crippen LogP) is 3.62. The van der Waals surface area contributed by atoms with Gasteiger partial charge in [-0.1, -0.05) is 6.07 Å². The summed E-state index contributed by atoms with van der Waals surface area (Å²) in [5.74, 6) is 0.771. The van der Waals surface area contributed by atoms with Crippen LogP contribution >= 0.6 is 0 Å². The molecular formula is C17H21FN2O. The third-order valence-corrected chi connectivity index (χ3v) is 4.02. The van der Waals surface area contributed by atoms with Crippen LogP contribution in [0.5, 0.6) is 0 Å². The molecule has 0 atom stereocenters. The van der Waals surface area contributed by atoms with Crippen molar-refractivity contribution in [1.82, 2.24) is 5.32 Å². The number of benzene rings is 1. The number of hydrogen-bond acceptors (Lipinski definition) is 3. The molecule has 0 amide bonds. The molecule has 3 rings (SSSR count). The van der Waals surface area contributed by atoms with Crippen LogP contribution in [0, 0.1) is 12.7 Å². The maximum Gasteiger partial charge on any atom is 0.129 e. The van der Waals surface area contributed by atoms with Gasteiger partial charge in [0.05, 0.1) is 6.26 Å². The number of furan rings is 1. The second-order valence-electron chi connectivity index (χ2n) is 5.75. The van der Waals surface area contributed by atoms with Gasteiger partial charge in [-0.15, -0.1) is 0 Å². The number of nitrogens with one attached hydrogen (secondary N) is 1. The molecular weight excluding hydrogens is 267 g/mol. The molecule has 1 aliphatic rings. The van der Waals surface area contributed by atoms with Gasteiger partial charge in [0.2, 0.25) is 0 Å². The van der Waals surface area contributed by atoms with Gasteiger partial charge in [-0.2, -0.15) is 0 Å². The Hall–Kier alpha value is -1.81. The van der Waals surface area contributed by atoms with Crippen LogP contribution < -0.4 is 10.2 Å². The highest BCUT2D eigenvalue weighted by Crippen LogP contribution is 2.26. The molecule has 1 N–H and O–H groups in total. The standard InChI is InChI=1S/C17H21FN2O/c1-12-13(8-9-21-12)11-20(2)17-5-3-4-16(18)15(17)10-19-14-6-7-14/h3-5,8-9,14,19H,6-7,10-11H2,1-2H3. The molecule has 112 valence electrons. The van der Waals surface area contributed by atoms with Crippen molar-refractivity contribution in [2.24, 2.45) is 0 Å². The Kier molecular flexibility index (Phi) is 3.97. The molecule has 21 heavy (non-hydrogen) atoms. The van der Waals surface area contributed by atoms with Crippen LogP contribution in [0.15, 0.2) is 34.9 Å². The van der Waals surface area contributed by atoms with Crippen molar-refractivity contribution in [3.05, 3.63) is 53.2 Å². The summed E-state index contributed by atoms with van der Waals surface area (Å²) in [7, 11) is 1.99. The molecule has 0 saturated heterocycles. The van der Waals surface area contributed by atoms with Crippen molar-refractivity contribution in [1.29, 1.82) is 0 Å². The fourth-order valence-corrected chi connectivity index (χ4v) is 2.53. The van der Waals surface area contributed by atoms with Gasteiger partial charge in [0.1, 0.15) is 11.6 Å². The molecule has 1 aromatic heterocycles. The molecule has 1 heterocycles.